The van der Waals surface area contributed by atoms with Crippen molar-refractivity contribution in [3.05, 3.63) is 0 Å². The first kappa shape index (κ1) is 15.7. The molecule has 110 valence electrons. The van der Waals surface area contributed by atoms with Crippen molar-refractivity contribution in [3.63, 3.8) is 0 Å². The van der Waals surface area contributed by atoms with Gasteiger partial charge in [0.2, 0.25) is 0 Å². The van der Waals surface area contributed by atoms with Crippen LogP contribution in [0.2, 0.25) is 0 Å². The van der Waals surface area contributed by atoms with Crippen molar-refractivity contribution < 1.29 is 24.2 Å². The highest BCUT2D eigenvalue weighted by Gasteiger charge is 2.27. The van der Waals surface area contributed by atoms with E-state index < -0.39 is 18.0 Å². The van der Waals surface area contributed by atoms with E-state index in [1.54, 1.807) is 7.11 Å². The maximum absolute atomic E-state index is 11.7. The first-order valence-corrected chi connectivity index (χ1v) is 6.45. The number of methoxy groups -OCH3 is 1. The van der Waals surface area contributed by atoms with E-state index in [0.29, 0.717) is 26.1 Å². The summed E-state index contributed by atoms with van der Waals surface area (Å²) >= 11 is 0. The average Bonchev–Trinajstić information content (AvgIpc) is 2.74. The third-order valence-electron chi connectivity index (χ3n) is 3.14. The number of aliphatic carboxylic acids is 1. The largest absolute Gasteiger partial charge is 0.480 e. The van der Waals surface area contributed by atoms with E-state index >= 15 is 0 Å². The molecule has 0 aromatic heterocycles. The van der Waals surface area contributed by atoms with Crippen LogP contribution in [0.1, 0.15) is 26.2 Å². The molecular formula is C12H22N2O5. The molecular weight excluding hydrogens is 252 g/mol. The fourth-order valence-electron chi connectivity index (χ4n) is 1.98. The summed E-state index contributed by atoms with van der Waals surface area (Å²) in [6.07, 6.45) is 1.63. The Morgan fingerprint density at radius 3 is 2.79 bits per heavy atom. The molecule has 1 saturated heterocycles. The number of carboxylic acids is 1. The monoisotopic (exact) mass is 274 g/mol. The molecule has 1 fully saturated rings. The summed E-state index contributed by atoms with van der Waals surface area (Å²) in [6, 6.07) is -1.42. The normalized spacial score (nSPS) is 23.9. The predicted molar refractivity (Wildman–Crippen MR) is 68.0 cm³/mol. The van der Waals surface area contributed by atoms with Gasteiger partial charge in [0, 0.05) is 20.3 Å². The van der Waals surface area contributed by atoms with E-state index in [1.165, 1.54) is 0 Å². The van der Waals surface area contributed by atoms with Gasteiger partial charge in [-0.2, -0.15) is 0 Å². The van der Waals surface area contributed by atoms with Crippen LogP contribution >= 0.6 is 0 Å². The van der Waals surface area contributed by atoms with Crippen LogP contribution in [0.25, 0.3) is 0 Å². The summed E-state index contributed by atoms with van der Waals surface area (Å²) in [5.41, 5.74) is 0. The second kappa shape index (κ2) is 7.96. The minimum atomic E-state index is -1.04. The highest BCUT2D eigenvalue weighted by molar-refractivity contribution is 5.82. The highest BCUT2D eigenvalue weighted by Crippen LogP contribution is 2.12. The van der Waals surface area contributed by atoms with Gasteiger partial charge in [0.05, 0.1) is 12.1 Å². The molecule has 19 heavy (non-hydrogen) atoms. The van der Waals surface area contributed by atoms with Crippen molar-refractivity contribution in [3.8, 4) is 0 Å². The number of carboxylic acid groups (broad SMARTS) is 1. The molecule has 1 aliphatic heterocycles. The van der Waals surface area contributed by atoms with Gasteiger partial charge in [-0.25, -0.2) is 9.59 Å². The predicted octanol–water partition coefficient (Wildman–Crippen LogP) is 0.343. The molecule has 2 amide bonds. The summed E-state index contributed by atoms with van der Waals surface area (Å²) in [5, 5.41) is 14.2. The third kappa shape index (κ3) is 5.44. The molecule has 3 N–H and O–H groups in total. The van der Waals surface area contributed by atoms with Gasteiger partial charge in [-0.15, -0.1) is 0 Å². The van der Waals surface area contributed by atoms with Crippen molar-refractivity contribution in [2.45, 2.75) is 44.4 Å². The van der Waals surface area contributed by atoms with Crippen LogP contribution in [0.15, 0.2) is 0 Å². The molecule has 1 heterocycles. The molecule has 0 aromatic carbocycles. The van der Waals surface area contributed by atoms with Crippen LogP contribution in [0.4, 0.5) is 4.79 Å². The summed E-state index contributed by atoms with van der Waals surface area (Å²) in [6.45, 7) is 2.97. The van der Waals surface area contributed by atoms with Gasteiger partial charge >= 0.3 is 12.0 Å². The van der Waals surface area contributed by atoms with E-state index in [9.17, 15) is 9.59 Å². The quantitative estimate of drug-likeness (QED) is 0.582. The lowest BCUT2D eigenvalue weighted by Gasteiger charge is -2.19. The molecule has 0 bridgehead atoms. The van der Waals surface area contributed by atoms with Gasteiger partial charge in [0.15, 0.2) is 0 Å². The van der Waals surface area contributed by atoms with Crippen molar-refractivity contribution in [1.29, 1.82) is 0 Å². The lowest BCUT2D eigenvalue weighted by Crippen LogP contribution is -2.50. The van der Waals surface area contributed by atoms with Gasteiger partial charge in [0.25, 0.3) is 0 Å². The molecule has 0 aliphatic carbocycles. The van der Waals surface area contributed by atoms with Crippen LogP contribution in [0.3, 0.4) is 0 Å². The number of amides is 2. The number of rotatable bonds is 7. The fraction of sp³-hybridized carbons (Fsp3) is 0.833. The molecule has 0 aromatic rings. The standard InChI is InChI=1S/C12H22N2O5/c1-8-9(5-7-19-8)13-12(17)14-10(11(15)16)4-3-6-18-2/h8-10H,3-7H2,1-2H3,(H,15,16)(H2,13,14,17). The number of nitrogens with one attached hydrogen (secondary N) is 2. The second-order valence-electron chi connectivity index (χ2n) is 4.61. The molecule has 7 heteroatoms. The number of carbonyl (C=O) groups is 2. The molecule has 3 unspecified atom stereocenters. The van der Waals surface area contributed by atoms with Gasteiger partial charge in [-0.05, 0) is 26.2 Å². The zero-order valence-electron chi connectivity index (χ0n) is 11.3. The zero-order chi connectivity index (χ0) is 14.3. The Morgan fingerprint density at radius 1 is 1.53 bits per heavy atom. The van der Waals surface area contributed by atoms with Crippen molar-refractivity contribution in [1.82, 2.24) is 10.6 Å². The Morgan fingerprint density at radius 2 is 2.26 bits per heavy atom. The molecule has 3 atom stereocenters. The lowest BCUT2D eigenvalue weighted by atomic mass is 10.1. The highest BCUT2D eigenvalue weighted by atomic mass is 16.5. The number of hydrogen-bond donors (Lipinski definition) is 3. The minimum absolute atomic E-state index is 0.0393. The van der Waals surface area contributed by atoms with Gasteiger partial charge in [0.1, 0.15) is 6.04 Å². The molecule has 1 aliphatic rings. The minimum Gasteiger partial charge on any atom is -0.480 e. The third-order valence-corrected chi connectivity index (χ3v) is 3.14. The smallest absolute Gasteiger partial charge is 0.326 e. The van der Waals surface area contributed by atoms with Crippen LogP contribution in [-0.2, 0) is 14.3 Å². The summed E-state index contributed by atoms with van der Waals surface area (Å²) in [4.78, 5) is 22.7. The number of urea groups is 1. The Balaban J connectivity index is 2.35. The first-order valence-electron chi connectivity index (χ1n) is 6.45. The molecule has 0 spiro atoms. The van der Waals surface area contributed by atoms with E-state index in [0.717, 1.165) is 6.42 Å². The lowest BCUT2D eigenvalue weighted by molar-refractivity contribution is -0.139. The number of carbonyl (C=O) groups excluding carboxylic acids is 1. The molecule has 7 nitrogen and oxygen atoms in total. The van der Waals surface area contributed by atoms with Gasteiger partial charge in [-0.3, -0.25) is 0 Å². The summed E-state index contributed by atoms with van der Waals surface area (Å²) in [5.74, 6) is -1.04. The summed E-state index contributed by atoms with van der Waals surface area (Å²) < 4.78 is 10.2. The van der Waals surface area contributed by atoms with E-state index in [-0.39, 0.29) is 12.1 Å². The maximum atomic E-state index is 11.7. The van der Waals surface area contributed by atoms with Crippen molar-refractivity contribution in [2.24, 2.45) is 0 Å². The fourth-order valence-corrected chi connectivity index (χ4v) is 1.98. The Bertz CT molecular complexity index is 310. The van der Waals surface area contributed by atoms with E-state index in [2.05, 4.69) is 10.6 Å². The van der Waals surface area contributed by atoms with E-state index in [4.69, 9.17) is 14.6 Å². The average molecular weight is 274 g/mol. The first-order chi connectivity index (χ1) is 9.04. The number of ether oxygens (including phenoxy) is 2. The van der Waals surface area contributed by atoms with Crippen LogP contribution < -0.4 is 10.6 Å². The van der Waals surface area contributed by atoms with E-state index in [1.807, 2.05) is 6.92 Å². The summed E-state index contributed by atoms with van der Waals surface area (Å²) in [7, 11) is 1.55. The van der Waals surface area contributed by atoms with Gasteiger partial charge in [-0.1, -0.05) is 0 Å². The molecule has 0 radical (unpaired) electrons. The SMILES string of the molecule is COCCCC(NC(=O)NC1CCOC1C)C(=O)O. The van der Waals surface area contributed by atoms with Crippen LogP contribution in [-0.4, -0.2) is 55.6 Å². The van der Waals surface area contributed by atoms with Gasteiger partial charge < -0.3 is 25.2 Å². The Hall–Kier alpha value is -1.34. The van der Waals surface area contributed by atoms with Crippen LogP contribution in [0, 0.1) is 0 Å². The Kier molecular flexibility index (Phi) is 6.58. The topological polar surface area (TPSA) is 96.9 Å². The Labute approximate surface area is 112 Å². The molecule has 1 rings (SSSR count). The second-order valence-corrected chi connectivity index (χ2v) is 4.61. The van der Waals surface area contributed by atoms with Crippen molar-refractivity contribution >= 4 is 12.0 Å². The van der Waals surface area contributed by atoms with Crippen molar-refractivity contribution in [2.75, 3.05) is 20.3 Å². The van der Waals surface area contributed by atoms with Crippen LogP contribution in [0.5, 0.6) is 0 Å². The molecule has 0 saturated carbocycles. The maximum Gasteiger partial charge on any atom is 0.326 e. The number of hydrogen-bond acceptors (Lipinski definition) is 4. The zero-order valence-corrected chi connectivity index (χ0v) is 11.3.